The van der Waals surface area contributed by atoms with Crippen molar-refractivity contribution in [3.05, 3.63) is 83.4 Å². The highest BCUT2D eigenvalue weighted by Gasteiger charge is 2.65. The van der Waals surface area contributed by atoms with E-state index in [1.165, 1.54) is 18.2 Å². The fourth-order valence-corrected chi connectivity index (χ4v) is 6.38. The molecule has 0 aliphatic heterocycles. The molecule has 38 heavy (non-hydrogen) atoms. The van der Waals surface area contributed by atoms with E-state index in [-0.39, 0.29) is 22.6 Å². The highest BCUT2D eigenvalue weighted by Crippen LogP contribution is 2.69. The zero-order chi connectivity index (χ0) is 26.7. The molecule has 7 nitrogen and oxygen atoms in total. The highest BCUT2D eigenvalue weighted by molar-refractivity contribution is 5.65. The SMILES string of the molecule is C[C@H](O)CNc1ncc(-c2cccc([C@@]34CC[C@@H](c5cc(-c6c(F)cccc6F)nnc53)C4(C)C)n2)cn1. The number of benzene rings is 1. The van der Waals surface area contributed by atoms with Gasteiger partial charge in [-0.2, -0.15) is 5.10 Å². The second kappa shape index (κ2) is 8.87. The number of fused-ring (bicyclic) bond motifs is 5. The molecule has 2 aliphatic carbocycles. The molecule has 9 heteroatoms. The van der Waals surface area contributed by atoms with Crippen LogP contribution in [0, 0.1) is 17.0 Å². The standard InChI is InChI=1S/C29H28F2N6O/c1-16(38)13-32-27-33-14-17(15-34-27)22-8-5-9-24(35-22)29-11-10-19(28(29,2)3)18-12-23(36-37-26(18)29)25-20(30)6-4-7-21(25)31/h4-9,12,14-16,19,38H,10-11,13H2,1-3H3,(H,32,33,34)/t16-,19-,29-/m0/s1. The van der Waals surface area contributed by atoms with Gasteiger partial charge in [0, 0.05) is 24.5 Å². The second-order valence-electron chi connectivity index (χ2n) is 10.8. The van der Waals surface area contributed by atoms with Crippen molar-refractivity contribution in [3.63, 3.8) is 0 Å². The fraction of sp³-hybridized carbons (Fsp3) is 0.345. The summed E-state index contributed by atoms with van der Waals surface area (Å²) in [5.41, 5.74) is 3.56. The second-order valence-corrected chi connectivity index (χ2v) is 10.8. The number of anilines is 1. The Hall–Kier alpha value is -3.85. The van der Waals surface area contributed by atoms with Gasteiger partial charge in [0.05, 0.1) is 39.9 Å². The van der Waals surface area contributed by atoms with Crippen LogP contribution in [0.1, 0.15) is 56.5 Å². The van der Waals surface area contributed by atoms with Gasteiger partial charge in [-0.15, -0.1) is 5.10 Å². The predicted octanol–water partition coefficient (Wildman–Crippen LogP) is 5.27. The molecule has 4 aromatic rings. The van der Waals surface area contributed by atoms with Crippen molar-refractivity contribution in [2.45, 2.75) is 51.0 Å². The van der Waals surface area contributed by atoms with Crippen molar-refractivity contribution in [3.8, 4) is 22.5 Å². The maximum atomic E-state index is 14.5. The quantitative estimate of drug-likeness (QED) is 0.362. The zero-order valence-corrected chi connectivity index (χ0v) is 21.4. The number of aliphatic hydroxyl groups excluding tert-OH is 1. The van der Waals surface area contributed by atoms with Gasteiger partial charge in [0.2, 0.25) is 5.95 Å². The van der Waals surface area contributed by atoms with Crippen molar-refractivity contribution in [2.24, 2.45) is 5.41 Å². The van der Waals surface area contributed by atoms with Crippen molar-refractivity contribution in [1.82, 2.24) is 25.1 Å². The maximum Gasteiger partial charge on any atom is 0.222 e. The van der Waals surface area contributed by atoms with Crippen LogP contribution in [-0.2, 0) is 5.41 Å². The van der Waals surface area contributed by atoms with E-state index in [0.717, 1.165) is 41.1 Å². The summed E-state index contributed by atoms with van der Waals surface area (Å²) in [5.74, 6) is -0.707. The van der Waals surface area contributed by atoms with E-state index in [0.29, 0.717) is 12.5 Å². The van der Waals surface area contributed by atoms with E-state index in [2.05, 4.69) is 39.3 Å². The number of rotatable bonds is 6. The van der Waals surface area contributed by atoms with E-state index in [1.807, 2.05) is 24.3 Å². The summed E-state index contributed by atoms with van der Waals surface area (Å²) in [6, 6.07) is 11.6. The Morgan fingerprint density at radius 2 is 1.74 bits per heavy atom. The van der Waals surface area contributed by atoms with E-state index in [1.54, 1.807) is 19.3 Å². The fourth-order valence-electron chi connectivity index (χ4n) is 6.38. The Kier molecular flexibility index (Phi) is 5.72. The molecule has 2 bridgehead atoms. The average molecular weight is 515 g/mol. The van der Waals surface area contributed by atoms with E-state index < -0.39 is 23.2 Å². The smallest absolute Gasteiger partial charge is 0.222 e. The van der Waals surface area contributed by atoms with Gasteiger partial charge in [-0.05, 0) is 67.0 Å². The first-order chi connectivity index (χ1) is 18.2. The van der Waals surface area contributed by atoms with Gasteiger partial charge in [0.1, 0.15) is 11.6 Å². The first-order valence-electron chi connectivity index (χ1n) is 12.8. The molecule has 0 spiro atoms. The van der Waals surface area contributed by atoms with Gasteiger partial charge in [0.15, 0.2) is 0 Å². The molecule has 0 unspecified atom stereocenters. The third-order valence-electron chi connectivity index (χ3n) is 8.29. The molecule has 1 aromatic carbocycles. The Bertz CT molecular complexity index is 1500. The van der Waals surface area contributed by atoms with Crippen LogP contribution < -0.4 is 5.32 Å². The van der Waals surface area contributed by atoms with Crippen molar-refractivity contribution in [1.29, 1.82) is 0 Å². The molecule has 3 heterocycles. The lowest BCUT2D eigenvalue weighted by Gasteiger charge is -2.37. The van der Waals surface area contributed by atoms with Gasteiger partial charge in [-0.3, -0.25) is 4.98 Å². The van der Waals surface area contributed by atoms with Crippen molar-refractivity contribution >= 4 is 5.95 Å². The van der Waals surface area contributed by atoms with Gasteiger partial charge in [0.25, 0.3) is 0 Å². The molecule has 3 atom stereocenters. The summed E-state index contributed by atoms with van der Waals surface area (Å²) in [7, 11) is 0. The van der Waals surface area contributed by atoms with Gasteiger partial charge < -0.3 is 10.4 Å². The summed E-state index contributed by atoms with van der Waals surface area (Å²) in [6.07, 6.45) is 4.69. The largest absolute Gasteiger partial charge is 0.392 e. The lowest BCUT2D eigenvalue weighted by Crippen LogP contribution is -2.37. The van der Waals surface area contributed by atoms with Crippen LogP contribution in [0.15, 0.2) is 54.9 Å². The Morgan fingerprint density at radius 3 is 2.45 bits per heavy atom. The average Bonchev–Trinajstić information content (AvgIpc) is 3.28. The van der Waals surface area contributed by atoms with Gasteiger partial charge >= 0.3 is 0 Å². The molecular formula is C29H28F2N6O. The number of hydrogen-bond donors (Lipinski definition) is 2. The summed E-state index contributed by atoms with van der Waals surface area (Å²) < 4.78 is 29.1. The first kappa shape index (κ1) is 24.5. The minimum Gasteiger partial charge on any atom is -0.392 e. The number of halogens is 2. The first-order valence-corrected chi connectivity index (χ1v) is 12.8. The lowest BCUT2D eigenvalue weighted by atomic mass is 9.66. The minimum atomic E-state index is -0.653. The lowest BCUT2D eigenvalue weighted by molar-refractivity contribution is 0.208. The molecule has 0 saturated heterocycles. The normalized spacial score (nSPS) is 21.8. The van der Waals surface area contributed by atoms with Crippen molar-refractivity contribution in [2.75, 3.05) is 11.9 Å². The Morgan fingerprint density at radius 1 is 1.03 bits per heavy atom. The number of pyridine rings is 1. The minimum absolute atomic E-state index is 0.149. The van der Waals surface area contributed by atoms with Crippen LogP contribution in [-0.4, -0.2) is 42.9 Å². The number of aromatic nitrogens is 5. The number of hydrogen-bond acceptors (Lipinski definition) is 7. The Labute approximate surface area is 219 Å². The summed E-state index contributed by atoms with van der Waals surface area (Å²) in [4.78, 5) is 13.8. The predicted molar refractivity (Wildman–Crippen MR) is 139 cm³/mol. The molecule has 194 valence electrons. The molecular weight excluding hydrogens is 486 g/mol. The number of nitrogens with zero attached hydrogens (tertiary/aromatic N) is 5. The molecule has 6 rings (SSSR count). The monoisotopic (exact) mass is 514 g/mol. The molecule has 0 amide bonds. The van der Waals surface area contributed by atoms with Gasteiger partial charge in [-0.25, -0.2) is 18.7 Å². The van der Waals surface area contributed by atoms with Gasteiger partial charge in [-0.1, -0.05) is 26.0 Å². The van der Waals surface area contributed by atoms with Crippen LogP contribution in [0.2, 0.25) is 0 Å². The molecule has 2 aliphatic rings. The summed E-state index contributed by atoms with van der Waals surface area (Å²) in [6.45, 7) is 6.49. The molecule has 1 fully saturated rings. The van der Waals surface area contributed by atoms with Crippen LogP contribution >= 0.6 is 0 Å². The zero-order valence-electron chi connectivity index (χ0n) is 21.4. The molecule has 1 saturated carbocycles. The van der Waals surface area contributed by atoms with Crippen LogP contribution in [0.25, 0.3) is 22.5 Å². The Balaban J connectivity index is 1.40. The summed E-state index contributed by atoms with van der Waals surface area (Å²) >= 11 is 0. The van der Waals surface area contributed by atoms with E-state index in [4.69, 9.17) is 4.98 Å². The van der Waals surface area contributed by atoms with Crippen LogP contribution in [0.4, 0.5) is 14.7 Å². The highest BCUT2D eigenvalue weighted by atomic mass is 19.1. The molecule has 0 radical (unpaired) electrons. The molecule has 2 N–H and O–H groups in total. The maximum absolute atomic E-state index is 14.5. The van der Waals surface area contributed by atoms with E-state index in [9.17, 15) is 13.9 Å². The summed E-state index contributed by atoms with van der Waals surface area (Å²) in [5, 5.41) is 21.4. The topological polar surface area (TPSA) is 96.7 Å². The molecule has 3 aromatic heterocycles. The van der Waals surface area contributed by atoms with Crippen LogP contribution in [0.5, 0.6) is 0 Å². The number of aliphatic hydroxyl groups is 1. The number of nitrogens with one attached hydrogen (secondary N) is 1. The van der Waals surface area contributed by atoms with E-state index >= 15 is 0 Å². The van der Waals surface area contributed by atoms with Crippen LogP contribution in [0.3, 0.4) is 0 Å². The third-order valence-corrected chi connectivity index (χ3v) is 8.29. The third kappa shape index (κ3) is 3.60. The van der Waals surface area contributed by atoms with Crippen molar-refractivity contribution < 1.29 is 13.9 Å².